The Morgan fingerprint density at radius 1 is 1.44 bits per heavy atom. The molecular formula is C14H28N2. The normalized spacial score (nSPS) is 25.6. The molecule has 0 spiro atoms. The van der Waals surface area contributed by atoms with Gasteiger partial charge in [-0.1, -0.05) is 41.2 Å². The molecule has 1 fully saturated rings. The van der Waals surface area contributed by atoms with E-state index < -0.39 is 0 Å². The predicted octanol–water partition coefficient (Wildman–Crippen LogP) is 3.00. The van der Waals surface area contributed by atoms with Gasteiger partial charge in [-0.3, -0.25) is 0 Å². The molecular weight excluding hydrogens is 196 g/mol. The van der Waals surface area contributed by atoms with Gasteiger partial charge in [-0.05, 0) is 23.7 Å². The first-order chi connectivity index (χ1) is 7.12. The largest absolute Gasteiger partial charge is 0.375 e. The Kier molecular flexibility index (Phi) is 3.73. The second kappa shape index (κ2) is 4.40. The molecule has 2 nitrogen and oxygen atoms in total. The van der Waals surface area contributed by atoms with E-state index in [0.717, 1.165) is 25.9 Å². The molecule has 1 aliphatic rings. The Bertz CT molecular complexity index is 260. The van der Waals surface area contributed by atoms with Crippen molar-refractivity contribution in [1.82, 2.24) is 4.90 Å². The van der Waals surface area contributed by atoms with Gasteiger partial charge in [0.05, 0.1) is 0 Å². The highest BCUT2D eigenvalue weighted by molar-refractivity contribution is 5.03. The number of piperidine rings is 1. The minimum atomic E-state index is 0.207. The zero-order valence-corrected chi connectivity index (χ0v) is 11.6. The van der Waals surface area contributed by atoms with Crippen LogP contribution in [0.15, 0.2) is 12.3 Å². The van der Waals surface area contributed by atoms with Crippen molar-refractivity contribution in [3.8, 4) is 0 Å². The standard InChI is InChI=1S/C14H28N2/c1-11(9-13(2,3)4)16-8-7-12(15)14(5,6)10-16/h12H,1,7-10,15H2,2-6H3. The van der Waals surface area contributed by atoms with E-state index in [2.05, 4.69) is 46.1 Å². The minimum absolute atomic E-state index is 0.207. The molecule has 0 aromatic rings. The van der Waals surface area contributed by atoms with Gasteiger partial charge in [0, 0.05) is 24.8 Å². The average Bonchev–Trinajstić information content (AvgIpc) is 2.06. The molecule has 0 saturated carbocycles. The van der Waals surface area contributed by atoms with E-state index in [1.807, 2.05) is 0 Å². The van der Waals surface area contributed by atoms with Gasteiger partial charge in [-0.25, -0.2) is 0 Å². The van der Waals surface area contributed by atoms with Crippen LogP contribution in [0.2, 0.25) is 0 Å². The molecule has 1 saturated heterocycles. The van der Waals surface area contributed by atoms with Crippen LogP contribution in [0.1, 0.15) is 47.5 Å². The lowest BCUT2D eigenvalue weighted by Crippen LogP contribution is -2.52. The minimum Gasteiger partial charge on any atom is -0.375 e. The molecule has 2 N–H and O–H groups in total. The quantitative estimate of drug-likeness (QED) is 0.781. The van der Waals surface area contributed by atoms with Gasteiger partial charge in [-0.15, -0.1) is 0 Å². The van der Waals surface area contributed by atoms with Gasteiger partial charge in [0.1, 0.15) is 0 Å². The van der Waals surface area contributed by atoms with Crippen LogP contribution in [0, 0.1) is 10.8 Å². The second-order valence-electron chi connectivity index (χ2n) is 7.11. The summed E-state index contributed by atoms with van der Waals surface area (Å²) in [6.07, 6.45) is 2.15. The fraction of sp³-hybridized carbons (Fsp3) is 0.857. The van der Waals surface area contributed by atoms with Crippen LogP contribution in [0.3, 0.4) is 0 Å². The molecule has 94 valence electrons. The molecule has 0 amide bonds. The van der Waals surface area contributed by atoms with E-state index in [1.54, 1.807) is 0 Å². The van der Waals surface area contributed by atoms with Crippen molar-refractivity contribution < 1.29 is 0 Å². The van der Waals surface area contributed by atoms with E-state index in [-0.39, 0.29) is 5.41 Å². The van der Waals surface area contributed by atoms with Crippen molar-refractivity contribution in [3.05, 3.63) is 12.3 Å². The van der Waals surface area contributed by atoms with E-state index in [4.69, 9.17) is 5.73 Å². The molecule has 0 radical (unpaired) electrons. The van der Waals surface area contributed by atoms with Gasteiger partial charge in [-0.2, -0.15) is 0 Å². The fourth-order valence-electron chi connectivity index (χ4n) is 2.37. The third-order valence-electron chi connectivity index (χ3n) is 3.49. The summed E-state index contributed by atoms with van der Waals surface area (Å²) in [4.78, 5) is 2.43. The average molecular weight is 224 g/mol. The number of hydrogen-bond donors (Lipinski definition) is 1. The van der Waals surface area contributed by atoms with Crippen molar-refractivity contribution >= 4 is 0 Å². The summed E-state index contributed by atoms with van der Waals surface area (Å²) in [6, 6.07) is 0.325. The van der Waals surface area contributed by atoms with Gasteiger partial charge in [0.15, 0.2) is 0 Å². The van der Waals surface area contributed by atoms with E-state index in [9.17, 15) is 0 Å². The summed E-state index contributed by atoms with van der Waals surface area (Å²) in [5.74, 6) is 0. The lowest BCUT2D eigenvalue weighted by molar-refractivity contribution is 0.114. The molecule has 0 aliphatic carbocycles. The van der Waals surface area contributed by atoms with Crippen LogP contribution in [0.5, 0.6) is 0 Å². The van der Waals surface area contributed by atoms with E-state index in [0.29, 0.717) is 11.5 Å². The van der Waals surface area contributed by atoms with Crippen molar-refractivity contribution in [3.63, 3.8) is 0 Å². The summed E-state index contributed by atoms with van der Waals surface area (Å²) in [6.45, 7) is 17.7. The highest BCUT2D eigenvalue weighted by Gasteiger charge is 2.34. The smallest absolute Gasteiger partial charge is 0.0240 e. The van der Waals surface area contributed by atoms with Gasteiger partial charge in [0.2, 0.25) is 0 Å². The predicted molar refractivity (Wildman–Crippen MR) is 71.2 cm³/mol. The Morgan fingerprint density at radius 3 is 2.44 bits per heavy atom. The monoisotopic (exact) mass is 224 g/mol. The zero-order chi connectivity index (χ0) is 12.6. The lowest BCUT2D eigenvalue weighted by Gasteiger charge is -2.45. The SMILES string of the molecule is C=C(CC(C)(C)C)N1CCC(N)C(C)(C)C1. The Morgan fingerprint density at radius 2 is 2.00 bits per heavy atom. The summed E-state index contributed by atoms with van der Waals surface area (Å²) in [5.41, 5.74) is 7.94. The van der Waals surface area contributed by atoms with Crippen LogP contribution < -0.4 is 5.73 Å². The van der Waals surface area contributed by atoms with Crippen LogP contribution in [0.25, 0.3) is 0 Å². The van der Waals surface area contributed by atoms with Crippen molar-refractivity contribution in [1.29, 1.82) is 0 Å². The van der Waals surface area contributed by atoms with Crippen LogP contribution in [-0.2, 0) is 0 Å². The molecule has 0 aromatic heterocycles. The molecule has 1 aliphatic heterocycles. The molecule has 1 rings (SSSR count). The Balaban J connectivity index is 2.60. The third kappa shape index (κ3) is 3.51. The summed E-state index contributed by atoms with van der Waals surface area (Å²) in [5, 5.41) is 0. The first kappa shape index (κ1) is 13.6. The molecule has 2 heteroatoms. The fourth-order valence-corrected chi connectivity index (χ4v) is 2.37. The van der Waals surface area contributed by atoms with Crippen LogP contribution in [-0.4, -0.2) is 24.0 Å². The van der Waals surface area contributed by atoms with Crippen LogP contribution in [0.4, 0.5) is 0 Å². The van der Waals surface area contributed by atoms with Gasteiger partial charge >= 0.3 is 0 Å². The zero-order valence-electron chi connectivity index (χ0n) is 11.6. The third-order valence-corrected chi connectivity index (χ3v) is 3.49. The number of nitrogens with two attached hydrogens (primary N) is 1. The van der Waals surface area contributed by atoms with E-state index in [1.165, 1.54) is 5.70 Å². The van der Waals surface area contributed by atoms with Crippen molar-refractivity contribution in [2.75, 3.05) is 13.1 Å². The summed E-state index contributed by atoms with van der Waals surface area (Å²) >= 11 is 0. The number of likely N-dealkylation sites (tertiary alicyclic amines) is 1. The number of allylic oxidation sites excluding steroid dienone is 1. The molecule has 0 aromatic carbocycles. The highest BCUT2D eigenvalue weighted by atomic mass is 15.2. The maximum Gasteiger partial charge on any atom is 0.0240 e. The molecule has 1 atom stereocenters. The molecule has 0 bridgehead atoms. The molecule has 1 heterocycles. The Labute approximate surface area is 101 Å². The maximum atomic E-state index is 6.15. The first-order valence-electron chi connectivity index (χ1n) is 6.30. The first-order valence-corrected chi connectivity index (χ1v) is 6.30. The molecule has 1 unspecified atom stereocenters. The summed E-state index contributed by atoms with van der Waals surface area (Å²) in [7, 11) is 0. The van der Waals surface area contributed by atoms with Gasteiger partial charge in [0.25, 0.3) is 0 Å². The topological polar surface area (TPSA) is 29.3 Å². The van der Waals surface area contributed by atoms with Crippen LogP contribution >= 0.6 is 0 Å². The van der Waals surface area contributed by atoms with E-state index >= 15 is 0 Å². The number of hydrogen-bond acceptors (Lipinski definition) is 2. The lowest BCUT2D eigenvalue weighted by atomic mass is 9.79. The second-order valence-corrected chi connectivity index (χ2v) is 7.11. The Hall–Kier alpha value is -0.500. The van der Waals surface area contributed by atoms with Gasteiger partial charge < -0.3 is 10.6 Å². The van der Waals surface area contributed by atoms with Crippen molar-refractivity contribution in [2.45, 2.75) is 53.5 Å². The summed E-state index contributed by atoms with van der Waals surface area (Å²) < 4.78 is 0. The number of nitrogens with zero attached hydrogens (tertiary/aromatic N) is 1. The highest BCUT2D eigenvalue weighted by Crippen LogP contribution is 2.32. The molecule has 16 heavy (non-hydrogen) atoms. The maximum absolute atomic E-state index is 6.15. The number of rotatable bonds is 2. The van der Waals surface area contributed by atoms with Crippen molar-refractivity contribution in [2.24, 2.45) is 16.6 Å².